The van der Waals surface area contributed by atoms with Crippen LogP contribution in [0.5, 0.6) is 0 Å². The van der Waals surface area contributed by atoms with E-state index in [4.69, 9.17) is 9.84 Å². The summed E-state index contributed by atoms with van der Waals surface area (Å²) >= 11 is 0. The molecule has 0 saturated heterocycles. The fourth-order valence-electron chi connectivity index (χ4n) is 5.47. The molecular weight excluding hydrogens is 444 g/mol. The van der Waals surface area contributed by atoms with Gasteiger partial charge in [-0.15, -0.1) is 0 Å². The van der Waals surface area contributed by atoms with Gasteiger partial charge in [-0.2, -0.15) is 0 Å². The third-order valence-corrected chi connectivity index (χ3v) is 7.26. The molecule has 2 amide bonds. The summed E-state index contributed by atoms with van der Waals surface area (Å²) in [4.78, 5) is 36.0. The molecule has 0 spiro atoms. The predicted octanol–water partition coefficient (Wildman–Crippen LogP) is 4.70. The average molecular weight is 479 g/mol. The lowest BCUT2D eigenvalue weighted by Gasteiger charge is -2.22. The first kappa shape index (κ1) is 24.8. The second kappa shape index (κ2) is 11.4. The maximum Gasteiger partial charge on any atom is 0.407 e. The molecular formula is C28H34N2O5. The van der Waals surface area contributed by atoms with Gasteiger partial charge >= 0.3 is 12.1 Å². The highest BCUT2D eigenvalue weighted by molar-refractivity contribution is 5.80. The SMILES string of the molecule is CC(CCCC(=O)O)NC(=O)C1CCCC1CNC(=O)OCC1c2ccccc2-c2ccccc21. The van der Waals surface area contributed by atoms with Gasteiger partial charge in [0, 0.05) is 30.8 Å². The number of hydrogen-bond acceptors (Lipinski definition) is 4. The molecule has 2 aliphatic rings. The number of hydrogen-bond donors (Lipinski definition) is 3. The van der Waals surface area contributed by atoms with Crippen LogP contribution >= 0.6 is 0 Å². The van der Waals surface area contributed by atoms with Crippen LogP contribution in [0, 0.1) is 11.8 Å². The highest BCUT2D eigenvalue weighted by atomic mass is 16.5. The Hall–Kier alpha value is -3.35. The van der Waals surface area contributed by atoms with Crippen LogP contribution in [0.2, 0.25) is 0 Å². The third kappa shape index (κ3) is 6.02. The zero-order valence-electron chi connectivity index (χ0n) is 20.2. The number of carbonyl (C=O) groups is 3. The molecule has 7 heteroatoms. The van der Waals surface area contributed by atoms with Crippen LogP contribution in [0.25, 0.3) is 11.1 Å². The lowest BCUT2D eigenvalue weighted by Crippen LogP contribution is -2.41. The second-order valence-corrected chi connectivity index (χ2v) is 9.70. The van der Waals surface area contributed by atoms with Crippen molar-refractivity contribution in [2.24, 2.45) is 11.8 Å². The standard InChI is InChI=1S/C28H34N2O5/c1-18(8-6-15-26(31)32)30-27(33)20-14-7-9-19(20)16-29-28(34)35-17-25-23-12-4-2-10-21(23)22-11-3-5-13-24(22)25/h2-5,10-13,18-20,25H,6-9,14-17H2,1H3,(H,29,34)(H,30,33)(H,31,32). The predicted molar refractivity (Wildman–Crippen MR) is 133 cm³/mol. The largest absolute Gasteiger partial charge is 0.481 e. The van der Waals surface area contributed by atoms with Crippen molar-refractivity contribution in [2.75, 3.05) is 13.2 Å². The minimum atomic E-state index is -0.821. The number of benzene rings is 2. The minimum Gasteiger partial charge on any atom is -0.481 e. The van der Waals surface area contributed by atoms with E-state index >= 15 is 0 Å². The van der Waals surface area contributed by atoms with Crippen LogP contribution in [0.15, 0.2) is 48.5 Å². The Labute approximate surface area is 206 Å². The van der Waals surface area contributed by atoms with Crippen molar-refractivity contribution in [1.29, 1.82) is 0 Å². The van der Waals surface area contributed by atoms with E-state index in [1.165, 1.54) is 22.3 Å². The second-order valence-electron chi connectivity index (χ2n) is 9.70. The van der Waals surface area contributed by atoms with Gasteiger partial charge in [-0.25, -0.2) is 4.79 Å². The molecule has 186 valence electrons. The molecule has 0 bridgehead atoms. The summed E-state index contributed by atoms with van der Waals surface area (Å²) in [5.74, 6) is -0.892. The summed E-state index contributed by atoms with van der Waals surface area (Å²) in [6.45, 7) is 2.57. The van der Waals surface area contributed by atoms with Crippen LogP contribution < -0.4 is 10.6 Å². The molecule has 2 aromatic carbocycles. The molecule has 2 aliphatic carbocycles. The van der Waals surface area contributed by atoms with E-state index in [0.29, 0.717) is 19.4 Å². The first-order chi connectivity index (χ1) is 16.9. The Bertz CT molecular complexity index is 1020. The number of amides is 2. The number of nitrogens with one attached hydrogen (secondary N) is 2. The van der Waals surface area contributed by atoms with E-state index in [0.717, 1.165) is 19.3 Å². The van der Waals surface area contributed by atoms with Crippen LogP contribution in [-0.4, -0.2) is 42.3 Å². The smallest absolute Gasteiger partial charge is 0.407 e. The maximum absolute atomic E-state index is 12.8. The number of carbonyl (C=O) groups excluding carboxylic acids is 2. The zero-order valence-corrected chi connectivity index (χ0v) is 20.2. The van der Waals surface area contributed by atoms with Gasteiger partial charge in [0.15, 0.2) is 0 Å². The van der Waals surface area contributed by atoms with Crippen molar-refractivity contribution in [3.05, 3.63) is 59.7 Å². The molecule has 1 fully saturated rings. The number of alkyl carbamates (subject to hydrolysis) is 1. The van der Waals surface area contributed by atoms with Gasteiger partial charge in [-0.1, -0.05) is 55.0 Å². The van der Waals surface area contributed by atoms with Gasteiger partial charge in [-0.05, 0) is 60.8 Å². The molecule has 3 N–H and O–H groups in total. The Morgan fingerprint density at radius 1 is 1.03 bits per heavy atom. The highest BCUT2D eigenvalue weighted by Crippen LogP contribution is 2.44. The van der Waals surface area contributed by atoms with Crippen LogP contribution in [-0.2, 0) is 14.3 Å². The minimum absolute atomic E-state index is 0.00957. The molecule has 0 heterocycles. The molecule has 7 nitrogen and oxygen atoms in total. The number of carboxylic acids is 1. The monoisotopic (exact) mass is 478 g/mol. The van der Waals surface area contributed by atoms with Gasteiger partial charge in [0.25, 0.3) is 0 Å². The molecule has 3 atom stereocenters. The average Bonchev–Trinajstić information content (AvgIpc) is 3.44. The third-order valence-electron chi connectivity index (χ3n) is 7.26. The topological polar surface area (TPSA) is 105 Å². The quantitative estimate of drug-likeness (QED) is 0.459. The summed E-state index contributed by atoms with van der Waals surface area (Å²) in [7, 11) is 0. The fraction of sp³-hybridized carbons (Fsp3) is 0.464. The summed E-state index contributed by atoms with van der Waals surface area (Å²) in [6, 6.07) is 16.4. The van der Waals surface area contributed by atoms with Crippen LogP contribution in [0.4, 0.5) is 4.79 Å². The summed E-state index contributed by atoms with van der Waals surface area (Å²) in [5.41, 5.74) is 4.72. The van der Waals surface area contributed by atoms with Crippen molar-refractivity contribution in [2.45, 2.75) is 57.4 Å². The molecule has 1 saturated carbocycles. The van der Waals surface area contributed by atoms with Gasteiger partial charge in [0.1, 0.15) is 6.61 Å². The highest BCUT2D eigenvalue weighted by Gasteiger charge is 2.34. The van der Waals surface area contributed by atoms with Crippen molar-refractivity contribution >= 4 is 18.0 Å². The van der Waals surface area contributed by atoms with Crippen LogP contribution in [0.3, 0.4) is 0 Å². The van der Waals surface area contributed by atoms with Crippen LogP contribution in [0.1, 0.15) is 62.5 Å². The fourth-order valence-corrected chi connectivity index (χ4v) is 5.47. The van der Waals surface area contributed by atoms with E-state index in [1.54, 1.807) is 0 Å². The molecule has 0 radical (unpaired) electrons. The molecule has 2 aromatic rings. The Morgan fingerprint density at radius 2 is 1.69 bits per heavy atom. The number of ether oxygens (including phenoxy) is 1. The summed E-state index contributed by atoms with van der Waals surface area (Å²) in [6.07, 6.45) is 3.44. The summed E-state index contributed by atoms with van der Waals surface area (Å²) < 4.78 is 5.62. The number of carboxylic acid groups (broad SMARTS) is 1. The Kier molecular flexibility index (Phi) is 8.06. The van der Waals surface area contributed by atoms with E-state index in [1.807, 2.05) is 31.2 Å². The van der Waals surface area contributed by atoms with Crippen molar-refractivity contribution in [3.8, 4) is 11.1 Å². The maximum atomic E-state index is 12.8. The summed E-state index contributed by atoms with van der Waals surface area (Å²) in [5, 5.41) is 14.7. The van der Waals surface area contributed by atoms with Gasteiger partial charge in [0.05, 0.1) is 0 Å². The first-order valence-corrected chi connectivity index (χ1v) is 12.5. The Morgan fingerprint density at radius 3 is 2.34 bits per heavy atom. The van der Waals surface area contributed by atoms with Crippen molar-refractivity contribution in [3.63, 3.8) is 0 Å². The zero-order chi connectivity index (χ0) is 24.8. The van der Waals surface area contributed by atoms with E-state index in [2.05, 4.69) is 34.9 Å². The van der Waals surface area contributed by atoms with Gasteiger partial charge < -0.3 is 20.5 Å². The van der Waals surface area contributed by atoms with Gasteiger partial charge in [-0.3, -0.25) is 9.59 Å². The van der Waals surface area contributed by atoms with Crippen molar-refractivity contribution < 1.29 is 24.2 Å². The first-order valence-electron chi connectivity index (χ1n) is 12.5. The lowest BCUT2D eigenvalue weighted by molar-refractivity contribution is -0.137. The molecule has 3 unspecified atom stereocenters. The number of aliphatic carboxylic acids is 1. The number of fused-ring (bicyclic) bond motifs is 3. The lowest BCUT2D eigenvalue weighted by atomic mass is 9.94. The van der Waals surface area contributed by atoms with Gasteiger partial charge in [0.2, 0.25) is 5.91 Å². The van der Waals surface area contributed by atoms with E-state index in [-0.39, 0.29) is 42.7 Å². The normalized spacial score (nSPS) is 19.5. The molecule has 0 aliphatic heterocycles. The van der Waals surface area contributed by atoms with E-state index < -0.39 is 12.1 Å². The Balaban J connectivity index is 1.25. The molecule has 4 rings (SSSR count). The molecule has 0 aromatic heterocycles. The number of rotatable bonds is 10. The molecule has 35 heavy (non-hydrogen) atoms. The van der Waals surface area contributed by atoms with Crippen molar-refractivity contribution in [1.82, 2.24) is 10.6 Å². The van der Waals surface area contributed by atoms with E-state index in [9.17, 15) is 14.4 Å².